The molecule has 1 saturated heterocycles. The van der Waals surface area contributed by atoms with E-state index in [2.05, 4.69) is 11.0 Å². The quantitative estimate of drug-likeness (QED) is 0.110. The van der Waals surface area contributed by atoms with Crippen molar-refractivity contribution in [3.05, 3.63) is 29.3 Å². The van der Waals surface area contributed by atoms with Crippen LogP contribution in [0.5, 0.6) is 5.75 Å². The Morgan fingerprint density at radius 2 is 1.54 bits per heavy atom. The highest BCUT2D eigenvalue weighted by Gasteiger charge is 2.59. The summed E-state index contributed by atoms with van der Waals surface area (Å²) in [4.78, 5) is 43.3. The minimum atomic E-state index is -3.54. The van der Waals surface area contributed by atoms with Crippen LogP contribution in [0.4, 0.5) is 9.59 Å². The van der Waals surface area contributed by atoms with Crippen LogP contribution in [0.1, 0.15) is 99.6 Å². The Morgan fingerprint density at radius 3 is 2.11 bits per heavy atom. The minimum absolute atomic E-state index is 0.00588. The molecule has 0 spiro atoms. The van der Waals surface area contributed by atoms with Gasteiger partial charge in [0.05, 0.1) is 13.2 Å². The van der Waals surface area contributed by atoms with Gasteiger partial charge in [-0.2, -0.15) is 0 Å². The van der Waals surface area contributed by atoms with Crippen molar-refractivity contribution in [1.29, 1.82) is 0 Å². The molecule has 0 aromatic heterocycles. The third kappa shape index (κ3) is 10.2. The molecule has 2 aliphatic heterocycles. The van der Waals surface area contributed by atoms with E-state index in [4.69, 9.17) is 23.5 Å². The standard InChI is InChI=1S/C34H55N2O9P/c1-11-42-46(40)21-19-35(23-25-14-15-27-26(22-25)16-20-41-27)24-34(46,28(37)43-31(2,3)4)17-12-13-18-36(29(38)44-32(5,6)7)30(39)45-33(8,9)10/h14-15,22H,11-13,16-21,23-24H2,1-10H3. The molecule has 1 fully saturated rings. The van der Waals surface area contributed by atoms with E-state index in [1.165, 1.54) is 0 Å². The van der Waals surface area contributed by atoms with Gasteiger partial charge in [0.25, 0.3) is 0 Å². The molecule has 2 heterocycles. The van der Waals surface area contributed by atoms with Crippen molar-refractivity contribution in [3.8, 4) is 5.75 Å². The minimum Gasteiger partial charge on any atom is -0.493 e. The van der Waals surface area contributed by atoms with E-state index < -0.39 is 47.5 Å². The molecular formula is C34H55N2O9P. The predicted octanol–water partition coefficient (Wildman–Crippen LogP) is 7.17. The molecule has 11 nitrogen and oxygen atoms in total. The van der Waals surface area contributed by atoms with E-state index >= 15 is 0 Å². The molecule has 3 rings (SSSR count). The Hall–Kier alpha value is -2.62. The molecule has 46 heavy (non-hydrogen) atoms. The first-order valence-corrected chi connectivity index (χ1v) is 18.2. The topological polar surface area (TPSA) is 121 Å². The smallest absolute Gasteiger partial charge is 0.419 e. The van der Waals surface area contributed by atoms with Crippen LogP contribution in [0.2, 0.25) is 0 Å². The highest BCUT2D eigenvalue weighted by Crippen LogP contribution is 2.64. The molecule has 260 valence electrons. The monoisotopic (exact) mass is 666 g/mol. The fourth-order valence-electron chi connectivity index (χ4n) is 5.68. The van der Waals surface area contributed by atoms with E-state index in [0.717, 1.165) is 28.2 Å². The maximum atomic E-state index is 14.7. The first kappa shape index (κ1) is 37.8. The van der Waals surface area contributed by atoms with Gasteiger partial charge in [0.1, 0.15) is 22.6 Å². The van der Waals surface area contributed by atoms with Gasteiger partial charge >= 0.3 is 18.2 Å². The number of benzene rings is 1. The summed E-state index contributed by atoms with van der Waals surface area (Å²) >= 11 is 0. The summed E-state index contributed by atoms with van der Waals surface area (Å²) in [6, 6.07) is 6.14. The van der Waals surface area contributed by atoms with Gasteiger partial charge < -0.3 is 23.5 Å². The van der Waals surface area contributed by atoms with Crippen LogP contribution in [-0.4, -0.2) is 88.9 Å². The van der Waals surface area contributed by atoms with E-state index in [1.807, 2.05) is 12.1 Å². The third-order valence-electron chi connectivity index (χ3n) is 7.57. The van der Waals surface area contributed by atoms with Gasteiger partial charge in [-0.15, -0.1) is 0 Å². The SMILES string of the molecule is CCOP1(=O)CCN(Cc2ccc3c(c2)CCO3)CC1(CCCCN(C(=O)OC(C)(C)C)C(=O)OC(C)(C)C)C(=O)OC(C)(C)C. The average molecular weight is 667 g/mol. The Morgan fingerprint density at radius 1 is 0.935 bits per heavy atom. The lowest BCUT2D eigenvalue weighted by molar-refractivity contribution is -0.160. The molecule has 2 atom stereocenters. The number of fused-ring (bicyclic) bond motifs is 1. The summed E-state index contributed by atoms with van der Waals surface area (Å²) in [6.07, 6.45) is 0.302. The van der Waals surface area contributed by atoms with Crippen LogP contribution in [0, 0.1) is 0 Å². The molecule has 0 bridgehead atoms. The fraction of sp³-hybridized carbons (Fsp3) is 0.735. The number of ether oxygens (including phenoxy) is 4. The maximum Gasteiger partial charge on any atom is 0.419 e. The Labute approximate surface area is 275 Å². The van der Waals surface area contributed by atoms with Crippen LogP contribution >= 0.6 is 7.37 Å². The normalized spacial score (nSPS) is 22.0. The second-order valence-corrected chi connectivity index (χ2v) is 18.1. The molecule has 0 N–H and O–H groups in total. The zero-order valence-electron chi connectivity index (χ0n) is 29.5. The van der Waals surface area contributed by atoms with Gasteiger partial charge in [-0.25, -0.2) is 14.5 Å². The van der Waals surface area contributed by atoms with Crippen molar-refractivity contribution in [3.63, 3.8) is 0 Å². The summed E-state index contributed by atoms with van der Waals surface area (Å²) < 4.78 is 43.3. The predicted molar refractivity (Wildman–Crippen MR) is 177 cm³/mol. The van der Waals surface area contributed by atoms with Gasteiger partial charge in [-0.3, -0.25) is 14.3 Å². The summed E-state index contributed by atoms with van der Waals surface area (Å²) in [5, 5.41) is -1.43. The summed E-state index contributed by atoms with van der Waals surface area (Å²) in [5.74, 6) is 0.345. The van der Waals surface area contributed by atoms with Gasteiger partial charge in [0.2, 0.25) is 7.37 Å². The second kappa shape index (κ2) is 14.7. The molecule has 12 heteroatoms. The zero-order valence-corrected chi connectivity index (χ0v) is 30.4. The Kier molecular flexibility index (Phi) is 12.0. The fourth-order valence-corrected chi connectivity index (χ4v) is 8.68. The molecule has 2 amide bonds. The van der Waals surface area contributed by atoms with Crippen molar-refractivity contribution in [2.24, 2.45) is 0 Å². The van der Waals surface area contributed by atoms with E-state index in [-0.39, 0.29) is 32.3 Å². The van der Waals surface area contributed by atoms with E-state index in [9.17, 15) is 18.9 Å². The molecule has 0 aliphatic carbocycles. The number of carbonyl (C=O) groups is 3. The van der Waals surface area contributed by atoms with E-state index in [0.29, 0.717) is 32.5 Å². The van der Waals surface area contributed by atoms with Crippen LogP contribution in [-0.2, 0) is 41.1 Å². The lowest BCUT2D eigenvalue weighted by Crippen LogP contribution is -2.56. The molecule has 2 aliphatic rings. The number of amides is 2. The average Bonchev–Trinajstić information content (AvgIpc) is 3.35. The molecule has 1 aromatic carbocycles. The number of rotatable bonds is 10. The van der Waals surface area contributed by atoms with Crippen LogP contribution in [0.3, 0.4) is 0 Å². The van der Waals surface area contributed by atoms with Crippen molar-refractivity contribution in [1.82, 2.24) is 9.80 Å². The molecule has 0 radical (unpaired) electrons. The Bertz CT molecular complexity index is 1270. The Balaban J connectivity index is 1.87. The highest BCUT2D eigenvalue weighted by atomic mass is 31.2. The number of esters is 1. The lowest BCUT2D eigenvalue weighted by atomic mass is 9.98. The van der Waals surface area contributed by atoms with Crippen LogP contribution in [0.25, 0.3) is 0 Å². The highest BCUT2D eigenvalue weighted by molar-refractivity contribution is 7.62. The van der Waals surface area contributed by atoms with Crippen molar-refractivity contribution >= 4 is 25.5 Å². The van der Waals surface area contributed by atoms with Crippen LogP contribution < -0.4 is 4.74 Å². The number of carbonyl (C=O) groups excluding carboxylic acids is 3. The first-order valence-electron chi connectivity index (χ1n) is 16.3. The number of hydrogen-bond donors (Lipinski definition) is 0. The van der Waals surface area contributed by atoms with Gasteiger partial charge in [-0.05, 0) is 106 Å². The summed E-state index contributed by atoms with van der Waals surface area (Å²) in [5.41, 5.74) is -0.208. The molecular weight excluding hydrogens is 611 g/mol. The number of unbranched alkanes of at least 4 members (excludes halogenated alkanes) is 1. The van der Waals surface area contributed by atoms with Gasteiger partial charge in [0.15, 0.2) is 5.16 Å². The number of imide groups is 1. The van der Waals surface area contributed by atoms with Gasteiger partial charge in [0, 0.05) is 38.8 Å². The molecule has 1 aromatic rings. The van der Waals surface area contributed by atoms with Crippen molar-refractivity contribution < 1.29 is 42.4 Å². The number of hydrogen-bond acceptors (Lipinski definition) is 10. The van der Waals surface area contributed by atoms with Gasteiger partial charge in [-0.1, -0.05) is 12.1 Å². The van der Waals surface area contributed by atoms with Crippen LogP contribution in [0.15, 0.2) is 18.2 Å². The molecule has 0 saturated carbocycles. The third-order valence-corrected chi connectivity index (χ3v) is 10.9. The lowest BCUT2D eigenvalue weighted by Gasteiger charge is -2.46. The first-order chi connectivity index (χ1) is 21.2. The summed E-state index contributed by atoms with van der Waals surface area (Å²) in [6.45, 7) is 19.6. The zero-order chi connectivity index (χ0) is 34.6. The second-order valence-electron chi connectivity index (χ2n) is 15.2. The maximum absolute atomic E-state index is 14.7. The molecule has 2 unspecified atom stereocenters. The largest absolute Gasteiger partial charge is 0.493 e. The summed E-state index contributed by atoms with van der Waals surface area (Å²) in [7, 11) is -3.54. The van der Waals surface area contributed by atoms with Crippen molar-refractivity contribution in [2.45, 2.75) is 123 Å². The van der Waals surface area contributed by atoms with E-state index in [1.54, 1.807) is 69.2 Å². The number of nitrogens with zero attached hydrogens (tertiary/aromatic N) is 2. The van der Waals surface area contributed by atoms with Crippen molar-refractivity contribution in [2.75, 3.05) is 39.0 Å².